The van der Waals surface area contributed by atoms with Gasteiger partial charge in [0.05, 0.1) is 16.8 Å². The molecule has 3 amide bonds. The van der Waals surface area contributed by atoms with Crippen LogP contribution in [0.25, 0.3) is 5.57 Å². The molecule has 28 heavy (non-hydrogen) atoms. The maximum absolute atomic E-state index is 12.3. The van der Waals surface area contributed by atoms with Crippen LogP contribution in [-0.2, 0) is 4.79 Å². The summed E-state index contributed by atoms with van der Waals surface area (Å²) >= 11 is 1.26. The van der Waals surface area contributed by atoms with Crippen molar-refractivity contribution in [1.29, 1.82) is 0 Å². The Labute approximate surface area is 166 Å². The molecule has 3 rings (SSSR count). The zero-order valence-electron chi connectivity index (χ0n) is 15.6. The van der Waals surface area contributed by atoms with Gasteiger partial charge in [0.2, 0.25) is 5.91 Å². The number of aromatic nitrogens is 1. The molecule has 1 N–H and O–H groups in total. The van der Waals surface area contributed by atoms with Crippen molar-refractivity contribution in [2.75, 3.05) is 11.9 Å². The Morgan fingerprint density at radius 1 is 1.18 bits per heavy atom. The molecule has 0 saturated carbocycles. The number of nitrogens with one attached hydrogen (secondary N) is 1. The van der Waals surface area contributed by atoms with Gasteiger partial charge in [-0.1, -0.05) is 42.5 Å². The van der Waals surface area contributed by atoms with E-state index in [2.05, 4.69) is 16.9 Å². The monoisotopic (exact) mass is 393 g/mol. The molecule has 1 aliphatic heterocycles. The zero-order valence-corrected chi connectivity index (χ0v) is 16.4. The molecule has 2 aromatic rings. The first-order valence-corrected chi connectivity index (χ1v) is 9.47. The molecule has 0 fully saturated rings. The number of anilines is 1. The Morgan fingerprint density at radius 2 is 1.82 bits per heavy atom. The van der Waals surface area contributed by atoms with E-state index in [1.807, 2.05) is 31.4 Å². The third-order valence-corrected chi connectivity index (χ3v) is 4.80. The predicted molar refractivity (Wildman–Crippen MR) is 110 cm³/mol. The SMILES string of the molecule is C=CC(=CC=C(C)C)c1csc(NC(=O)CN2C(=O)c3ccccc3C2=O)n1. The normalized spacial score (nSPS) is 13.4. The van der Waals surface area contributed by atoms with E-state index >= 15 is 0 Å². The average molecular weight is 393 g/mol. The van der Waals surface area contributed by atoms with Gasteiger partial charge in [-0.05, 0) is 26.0 Å². The number of thiazole rings is 1. The number of amides is 3. The highest BCUT2D eigenvalue weighted by Gasteiger charge is 2.36. The van der Waals surface area contributed by atoms with E-state index in [9.17, 15) is 14.4 Å². The van der Waals surface area contributed by atoms with Crippen LogP contribution < -0.4 is 5.32 Å². The lowest BCUT2D eigenvalue weighted by Gasteiger charge is -2.12. The van der Waals surface area contributed by atoms with Crippen molar-refractivity contribution in [3.63, 3.8) is 0 Å². The quantitative estimate of drug-likeness (QED) is 0.596. The minimum absolute atomic E-state index is 0.317. The second-order valence-corrected chi connectivity index (χ2v) is 7.26. The number of imide groups is 1. The molecular formula is C21H19N3O3S. The van der Waals surface area contributed by atoms with E-state index in [-0.39, 0.29) is 6.54 Å². The minimum Gasteiger partial charge on any atom is -0.300 e. The number of hydrogen-bond donors (Lipinski definition) is 1. The number of benzene rings is 1. The Hall–Kier alpha value is -3.32. The summed E-state index contributed by atoms with van der Waals surface area (Å²) < 4.78 is 0. The fourth-order valence-corrected chi connectivity index (χ4v) is 3.40. The molecule has 142 valence electrons. The number of allylic oxidation sites excluding steroid dienone is 5. The number of carbonyl (C=O) groups excluding carboxylic acids is 3. The second-order valence-electron chi connectivity index (χ2n) is 6.40. The summed E-state index contributed by atoms with van der Waals surface area (Å²) in [4.78, 5) is 42.3. The molecule has 0 spiro atoms. The van der Waals surface area contributed by atoms with Crippen molar-refractivity contribution in [3.05, 3.63) is 76.8 Å². The van der Waals surface area contributed by atoms with Gasteiger partial charge in [-0.25, -0.2) is 4.98 Å². The Kier molecular flexibility index (Phi) is 5.65. The van der Waals surface area contributed by atoms with E-state index < -0.39 is 17.7 Å². The molecule has 0 unspecified atom stereocenters. The average Bonchev–Trinajstić information content (AvgIpc) is 3.21. The molecule has 1 aromatic carbocycles. The third kappa shape index (κ3) is 3.99. The van der Waals surface area contributed by atoms with E-state index in [1.54, 1.807) is 30.3 Å². The van der Waals surface area contributed by atoms with Crippen molar-refractivity contribution in [2.24, 2.45) is 0 Å². The Balaban J connectivity index is 1.68. The summed E-state index contributed by atoms with van der Waals surface area (Å²) in [5.74, 6) is -1.41. The topological polar surface area (TPSA) is 79.4 Å². The zero-order chi connectivity index (χ0) is 20.3. The van der Waals surface area contributed by atoms with Gasteiger partial charge >= 0.3 is 0 Å². The summed E-state index contributed by atoms with van der Waals surface area (Å²) in [6.45, 7) is 7.41. The van der Waals surface area contributed by atoms with E-state index in [1.165, 1.54) is 11.3 Å². The Morgan fingerprint density at radius 3 is 2.39 bits per heavy atom. The summed E-state index contributed by atoms with van der Waals surface area (Å²) in [5, 5.41) is 4.85. The lowest BCUT2D eigenvalue weighted by Crippen LogP contribution is -2.37. The van der Waals surface area contributed by atoms with Crippen molar-refractivity contribution < 1.29 is 14.4 Å². The highest BCUT2D eigenvalue weighted by atomic mass is 32.1. The third-order valence-electron chi connectivity index (χ3n) is 4.04. The van der Waals surface area contributed by atoms with Crippen molar-refractivity contribution in [2.45, 2.75) is 13.8 Å². The van der Waals surface area contributed by atoms with Gasteiger partial charge < -0.3 is 5.32 Å². The van der Waals surface area contributed by atoms with Crippen LogP contribution in [0, 0.1) is 0 Å². The molecule has 0 bridgehead atoms. The van der Waals surface area contributed by atoms with Gasteiger partial charge in [0.25, 0.3) is 11.8 Å². The van der Waals surface area contributed by atoms with Gasteiger partial charge in [0.15, 0.2) is 5.13 Å². The number of hydrogen-bond acceptors (Lipinski definition) is 5. The molecule has 2 heterocycles. The number of nitrogens with zero attached hydrogens (tertiary/aromatic N) is 2. The summed E-state index contributed by atoms with van der Waals surface area (Å²) in [6, 6.07) is 6.53. The molecule has 0 radical (unpaired) electrons. The fraction of sp³-hybridized carbons (Fsp3) is 0.143. The smallest absolute Gasteiger partial charge is 0.262 e. The largest absolute Gasteiger partial charge is 0.300 e. The van der Waals surface area contributed by atoms with Crippen LogP contribution in [0.4, 0.5) is 5.13 Å². The van der Waals surface area contributed by atoms with Crippen LogP contribution in [0.2, 0.25) is 0 Å². The van der Waals surface area contributed by atoms with Gasteiger partial charge in [0, 0.05) is 11.0 Å². The first-order valence-electron chi connectivity index (χ1n) is 8.59. The summed E-state index contributed by atoms with van der Waals surface area (Å²) in [6.07, 6.45) is 5.55. The maximum Gasteiger partial charge on any atom is 0.262 e. The number of rotatable bonds is 6. The van der Waals surface area contributed by atoms with Crippen molar-refractivity contribution in [1.82, 2.24) is 9.88 Å². The van der Waals surface area contributed by atoms with E-state index in [4.69, 9.17) is 0 Å². The first kappa shape index (κ1) is 19.4. The molecule has 6 nitrogen and oxygen atoms in total. The molecular weight excluding hydrogens is 374 g/mol. The van der Waals surface area contributed by atoms with E-state index in [0.717, 1.165) is 16.0 Å². The summed E-state index contributed by atoms with van der Waals surface area (Å²) in [5.41, 5.74) is 3.30. The van der Waals surface area contributed by atoms with Crippen LogP contribution in [-0.4, -0.2) is 34.2 Å². The van der Waals surface area contributed by atoms with Crippen LogP contribution in [0.3, 0.4) is 0 Å². The van der Waals surface area contributed by atoms with Crippen LogP contribution in [0.1, 0.15) is 40.3 Å². The second kappa shape index (κ2) is 8.14. The molecule has 1 aromatic heterocycles. The van der Waals surface area contributed by atoms with Gasteiger partial charge in [-0.3, -0.25) is 19.3 Å². The van der Waals surface area contributed by atoms with Crippen molar-refractivity contribution >= 4 is 39.8 Å². The molecule has 7 heteroatoms. The van der Waals surface area contributed by atoms with Gasteiger partial charge in [-0.2, -0.15) is 0 Å². The summed E-state index contributed by atoms with van der Waals surface area (Å²) in [7, 11) is 0. The minimum atomic E-state index is -0.483. The molecule has 0 saturated heterocycles. The number of carbonyl (C=O) groups is 3. The lowest BCUT2D eigenvalue weighted by atomic mass is 10.1. The van der Waals surface area contributed by atoms with Crippen LogP contribution in [0.5, 0.6) is 0 Å². The Bertz CT molecular complexity index is 994. The van der Waals surface area contributed by atoms with Crippen LogP contribution >= 0.6 is 11.3 Å². The molecule has 0 atom stereocenters. The van der Waals surface area contributed by atoms with Gasteiger partial charge in [-0.15, -0.1) is 11.3 Å². The van der Waals surface area contributed by atoms with Gasteiger partial charge in [0.1, 0.15) is 6.54 Å². The molecule has 1 aliphatic rings. The maximum atomic E-state index is 12.3. The first-order chi connectivity index (χ1) is 13.4. The predicted octanol–water partition coefficient (Wildman–Crippen LogP) is 3.91. The highest BCUT2D eigenvalue weighted by molar-refractivity contribution is 7.14. The highest BCUT2D eigenvalue weighted by Crippen LogP contribution is 2.24. The fourth-order valence-electron chi connectivity index (χ4n) is 2.66. The van der Waals surface area contributed by atoms with E-state index in [0.29, 0.717) is 22.0 Å². The lowest BCUT2D eigenvalue weighted by molar-refractivity contribution is -0.116. The van der Waals surface area contributed by atoms with Crippen molar-refractivity contribution in [3.8, 4) is 0 Å². The number of fused-ring (bicyclic) bond motifs is 1. The molecule has 0 aliphatic carbocycles. The standard InChI is InChI=1S/C21H19N3O3S/c1-4-14(10-9-13(2)3)17-12-28-21(22-17)23-18(25)11-24-19(26)15-7-5-6-8-16(15)20(24)27/h4-10,12H,1,11H2,2-3H3,(H,22,23,25). The van der Waals surface area contributed by atoms with Crippen LogP contribution in [0.15, 0.2) is 60.0 Å².